The predicted octanol–water partition coefficient (Wildman–Crippen LogP) is 2.68. The summed E-state index contributed by atoms with van der Waals surface area (Å²) in [6.07, 6.45) is 0.652. The number of carbonyl (C=O) groups excluding carboxylic acids is 2. The molecule has 1 unspecified atom stereocenters. The van der Waals surface area contributed by atoms with Crippen LogP contribution in [0.3, 0.4) is 0 Å². The minimum absolute atomic E-state index is 0.108. The molecule has 0 radical (unpaired) electrons. The maximum atomic E-state index is 11.5. The van der Waals surface area contributed by atoms with Crippen molar-refractivity contribution in [3.05, 3.63) is 12.7 Å². The molecule has 98 valence electrons. The van der Waals surface area contributed by atoms with Gasteiger partial charge < -0.3 is 9.47 Å². The fourth-order valence-corrected chi connectivity index (χ4v) is 1.05. The standard InChI is InChI=1S/C13H22O4/c1-7-10(14)16-11(8-13(4,5)6)17-12(15)9(2)3/h7,9,11H,1,8H2,2-6H3. The largest absolute Gasteiger partial charge is 0.425 e. The van der Waals surface area contributed by atoms with Gasteiger partial charge in [-0.1, -0.05) is 41.2 Å². The van der Waals surface area contributed by atoms with E-state index < -0.39 is 12.3 Å². The Hall–Kier alpha value is -1.32. The van der Waals surface area contributed by atoms with Gasteiger partial charge in [0, 0.05) is 12.5 Å². The van der Waals surface area contributed by atoms with Crippen LogP contribution >= 0.6 is 0 Å². The van der Waals surface area contributed by atoms with E-state index in [4.69, 9.17) is 9.47 Å². The molecular weight excluding hydrogens is 220 g/mol. The Morgan fingerprint density at radius 1 is 1.24 bits per heavy atom. The average Bonchev–Trinajstić information content (AvgIpc) is 2.14. The number of rotatable bonds is 5. The van der Waals surface area contributed by atoms with Gasteiger partial charge >= 0.3 is 11.9 Å². The lowest BCUT2D eigenvalue weighted by Crippen LogP contribution is -2.30. The molecule has 0 spiro atoms. The number of ether oxygens (including phenoxy) is 2. The number of esters is 2. The van der Waals surface area contributed by atoms with Crippen molar-refractivity contribution in [2.75, 3.05) is 0 Å². The van der Waals surface area contributed by atoms with Gasteiger partial charge in [-0.3, -0.25) is 4.79 Å². The maximum Gasteiger partial charge on any atom is 0.333 e. The van der Waals surface area contributed by atoms with Crippen LogP contribution in [0.1, 0.15) is 41.0 Å². The quantitative estimate of drug-likeness (QED) is 0.422. The van der Waals surface area contributed by atoms with E-state index >= 15 is 0 Å². The first kappa shape index (κ1) is 15.7. The summed E-state index contributed by atoms with van der Waals surface area (Å²) in [5, 5.41) is 0. The lowest BCUT2D eigenvalue weighted by molar-refractivity contribution is -0.191. The molecule has 0 heterocycles. The third kappa shape index (κ3) is 7.55. The average molecular weight is 242 g/mol. The van der Waals surface area contributed by atoms with Crippen LogP contribution in [-0.2, 0) is 19.1 Å². The highest BCUT2D eigenvalue weighted by Crippen LogP contribution is 2.23. The zero-order chi connectivity index (χ0) is 13.6. The van der Waals surface area contributed by atoms with E-state index in [1.54, 1.807) is 13.8 Å². The van der Waals surface area contributed by atoms with Gasteiger partial charge in [-0.2, -0.15) is 0 Å². The summed E-state index contributed by atoms with van der Waals surface area (Å²) in [4.78, 5) is 22.6. The Labute approximate surface area is 103 Å². The number of hydrogen-bond donors (Lipinski definition) is 0. The Morgan fingerprint density at radius 2 is 1.76 bits per heavy atom. The number of carbonyl (C=O) groups is 2. The SMILES string of the molecule is C=CC(=O)OC(CC(C)(C)C)OC(=O)C(C)C. The molecule has 0 aliphatic carbocycles. The normalized spacial score (nSPS) is 13.1. The molecule has 17 heavy (non-hydrogen) atoms. The number of hydrogen-bond acceptors (Lipinski definition) is 4. The molecule has 0 aromatic rings. The Balaban J connectivity index is 4.56. The Morgan fingerprint density at radius 3 is 2.12 bits per heavy atom. The monoisotopic (exact) mass is 242 g/mol. The molecule has 4 nitrogen and oxygen atoms in total. The smallest absolute Gasteiger partial charge is 0.333 e. The summed E-state index contributed by atoms with van der Waals surface area (Å²) in [5.41, 5.74) is -0.108. The van der Waals surface area contributed by atoms with Crippen LogP contribution in [0, 0.1) is 11.3 Å². The van der Waals surface area contributed by atoms with E-state index in [2.05, 4.69) is 6.58 Å². The van der Waals surface area contributed by atoms with Gasteiger partial charge in [-0.05, 0) is 5.41 Å². The van der Waals surface area contributed by atoms with Crippen LogP contribution < -0.4 is 0 Å². The van der Waals surface area contributed by atoms with Crippen LogP contribution in [0.5, 0.6) is 0 Å². The van der Waals surface area contributed by atoms with Crippen LogP contribution in [0.4, 0.5) is 0 Å². The lowest BCUT2D eigenvalue weighted by Gasteiger charge is -2.25. The molecule has 0 saturated heterocycles. The highest BCUT2D eigenvalue weighted by molar-refractivity contribution is 5.81. The fraction of sp³-hybridized carbons (Fsp3) is 0.692. The molecule has 0 fully saturated rings. The Bertz CT molecular complexity index is 286. The lowest BCUT2D eigenvalue weighted by atomic mass is 9.92. The molecule has 0 aromatic carbocycles. The van der Waals surface area contributed by atoms with Crippen molar-refractivity contribution in [2.24, 2.45) is 11.3 Å². The minimum atomic E-state index is -0.851. The minimum Gasteiger partial charge on any atom is -0.425 e. The van der Waals surface area contributed by atoms with E-state index in [-0.39, 0.29) is 17.3 Å². The maximum absolute atomic E-state index is 11.5. The van der Waals surface area contributed by atoms with E-state index in [0.29, 0.717) is 6.42 Å². The second-order valence-corrected chi connectivity index (χ2v) is 5.43. The highest BCUT2D eigenvalue weighted by atomic mass is 16.7. The van der Waals surface area contributed by atoms with Crippen molar-refractivity contribution in [1.29, 1.82) is 0 Å². The first-order valence-electron chi connectivity index (χ1n) is 5.69. The van der Waals surface area contributed by atoms with Crippen molar-refractivity contribution in [2.45, 2.75) is 47.3 Å². The second-order valence-electron chi connectivity index (χ2n) is 5.43. The molecule has 1 atom stereocenters. The van der Waals surface area contributed by atoms with Gasteiger partial charge in [-0.25, -0.2) is 4.79 Å². The van der Waals surface area contributed by atoms with Gasteiger partial charge in [-0.15, -0.1) is 0 Å². The van der Waals surface area contributed by atoms with Crippen molar-refractivity contribution in [3.8, 4) is 0 Å². The summed E-state index contributed by atoms with van der Waals surface area (Å²) >= 11 is 0. The molecule has 4 heteroatoms. The molecule has 0 amide bonds. The molecule has 0 saturated carbocycles. The second kappa shape index (κ2) is 6.42. The molecule has 0 rings (SSSR count). The highest BCUT2D eigenvalue weighted by Gasteiger charge is 2.25. The molecule has 0 aliphatic rings. The summed E-state index contributed by atoms with van der Waals surface area (Å²) < 4.78 is 10.1. The van der Waals surface area contributed by atoms with Crippen LogP contribution in [-0.4, -0.2) is 18.2 Å². The topological polar surface area (TPSA) is 52.6 Å². The summed E-state index contributed by atoms with van der Waals surface area (Å²) in [7, 11) is 0. The van der Waals surface area contributed by atoms with Crippen molar-refractivity contribution >= 4 is 11.9 Å². The van der Waals surface area contributed by atoms with E-state index in [9.17, 15) is 9.59 Å². The van der Waals surface area contributed by atoms with Gasteiger partial charge in [0.15, 0.2) is 0 Å². The van der Waals surface area contributed by atoms with Crippen LogP contribution in [0.2, 0.25) is 0 Å². The summed E-state index contributed by atoms with van der Waals surface area (Å²) in [5.74, 6) is -1.22. The van der Waals surface area contributed by atoms with E-state index in [1.807, 2.05) is 20.8 Å². The zero-order valence-corrected chi connectivity index (χ0v) is 11.3. The molecule has 0 aliphatic heterocycles. The molecule has 0 aromatic heterocycles. The van der Waals surface area contributed by atoms with Crippen LogP contribution in [0.25, 0.3) is 0 Å². The zero-order valence-electron chi connectivity index (χ0n) is 11.3. The van der Waals surface area contributed by atoms with Gasteiger partial charge in [0.1, 0.15) is 0 Å². The molecular formula is C13H22O4. The molecule has 0 bridgehead atoms. The van der Waals surface area contributed by atoms with E-state index in [0.717, 1.165) is 6.08 Å². The fourth-order valence-electron chi connectivity index (χ4n) is 1.05. The third-order valence-electron chi connectivity index (χ3n) is 1.91. The van der Waals surface area contributed by atoms with E-state index in [1.165, 1.54) is 0 Å². The summed E-state index contributed by atoms with van der Waals surface area (Å²) in [6.45, 7) is 12.7. The third-order valence-corrected chi connectivity index (χ3v) is 1.91. The van der Waals surface area contributed by atoms with Crippen molar-refractivity contribution in [1.82, 2.24) is 0 Å². The first-order chi connectivity index (χ1) is 7.65. The van der Waals surface area contributed by atoms with Gasteiger partial charge in [0.2, 0.25) is 6.29 Å². The van der Waals surface area contributed by atoms with Gasteiger partial charge in [0.25, 0.3) is 0 Å². The molecule has 0 N–H and O–H groups in total. The first-order valence-corrected chi connectivity index (χ1v) is 5.69. The summed E-state index contributed by atoms with van der Waals surface area (Å²) in [6, 6.07) is 0. The van der Waals surface area contributed by atoms with Crippen molar-refractivity contribution < 1.29 is 19.1 Å². The predicted molar refractivity (Wildman–Crippen MR) is 65.1 cm³/mol. The van der Waals surface area contributed by atoms with Crippen LogP contribution in [0.15, 0.2) is 12.7 Å². The van der Waals surface area contributed by atoms with Crippen molar-refractivity contribution in [3.63, 3.8) is 0 Å². The van der Waals surface area contributed by atoms with Gasteiger partial charge in [0.05, 0.1) is 5.92 Å². The Kier molecular flexibility index (Phi) is 5.93.